The van der Waals surface area contributed by atoms with E-state index in [0.717, 1.165) is 12.1 Å². The van der Waals surface area contributed by atoms with Gasteiger partial charge in [0, 0.05) is 11.8 Å². The average molecular weight is 295 g/mol. The Bertz CT molecular complexity index is 687. The monoisotopic (exact) mass is 295 g/mol. The van der Waals surface area contributed by atoms with Crippen LogP contribution < -0.4 is 9.46 Å². The first-order valence-electron chi connectivity index (χ1n) is 6.03. The summed E-state index contributed by atoms with van der Waals surface area (Å²) in [5, 5.41) is 0. The predicted molar refractivity (Wildman–Crippen MR) is 74.8 cm³/mol. The van der Waals surface area contributed by atoms with Crippen LogP contribution in [-0.4, -0.2) is 15.0 Å². The Hall–Kier alpha value is -2.08. The van der Waals surface area contributed by atoms with Crippen LogP contribution in [0.1, 0.15) is 6.92 Å². The highest BCUT2D eigenvalue weighted by molar-refractivity contribution is 7.92. The zero-order valence-electron chi connectivity index (χ0n) is 10.8. The van der Waals surface area contributed by atoms with Gasteiger partial charge in [0.15, 0.2) is 0 Å². The molecular formula is C14H14FNO3S. The largest absolute Gasteiger partial charge is 0.492 e. The summed E-state index contributed by atoms with van der Waals surface area (Å²) in [4.78, 5) is -0.0930. The van der Waals surface area contributed by atoms with Gasteiger partial charge in [-0.1, -0.05) is 18.2 Å². The fourth-order valence-electron chi connectivity index (χ4n) is 1.69. The smallest absolute Gasteiger partial charge is 0.265 e. The Morgan fingerprint density at radius 1 is 1.15 bits per heavy atom. The highest BCUT2D eigenvalue weighted by Gasteiger charge is 2.20. The van der Waals surface area contributed by atoms with Crippen LogP contribution in [0.15, 0.2) is 53.4 Å². The summed E-state index contributed by atoms with van der Waals surface area (Å²) < 4.78 is 45.4. The van der Waals surface area contributed by atoms with Crippen LogP contribution in [0.2, 0.25) is 0 Å². The van der Waals surface area contributed by atoms with Crippen molar-refractivity contribution in [1.29, 1.82) is 0 Å². The molecule has 6 heteroatoms. The average Bonchev–Trinajstić information content (AvgIpc) is 2.39. The van der Waals surface area contributed by atoms with Gasteiger partial charge in [-0.05, 0) is 31.2 Å². The quantitative estimate of drug-likeness (QED) is 0.922. The van der Waals surface area contributed by atoms with Gasteiger partial charge < -0.3 is 4.74 Å². The maximum Gasteiger partial charge on any atom is 0.265 e. The van der Waals surface area contributed by atoms with Gasteiger partial charge in [0.05, 0.1) is 6.61 Å². The van der Waals surface area contributed by atoms with E-state index in [1.54, 1.807) is 37.3 Å². The lowest BCUT2D eigenvalue weighted by Gasteiger charge is -2.12. The molecule has 4 nitrogen and oxygen atoms in total. The lowest BCUT2D eigenvalue weighted by atomic mass is 10.3. The first kappa shape index (κ1) is 14.3. The normalized spacial score (nSPS) is 11.1. The lowest BCUT2D eigenvalue weighted by Crippen LogP contribution is -2.14. The minimum absolute atomic E-state index is 0.00377. The molecule has 2 rings (SSSR count). The number of nitrogens with one attached hydrogen (secondary N) is 1. The fraction of sp³-hybridized carbons (Fsp3) is 0.143. The van der Waals surface area contributed by atoms with Crippen LogP contribution in [0, 0.1) is 5.82 Å². The van der Waals surface area contributed by atoms with E-state index >= 15 is 0 Å². The molecule has 20 heavy (non-hydrogen) atoms. The summed E-state index contributed by atoms with van der Waals surface area (Å²) in [6.07, 6.45) is 0. The van der Waals surface area contributed by atoms with Gasteiger partial charge >= 0.3 is 0 Å². The van der Waals surface area contributed by atoms with E-state index in [1.165, 1.54) is 6.07 Å². The van der Waals surface area contributed by atoms with Crippen molar-refractivity contribution in [3.63, 3.8) is 0 Å². The van der Waals surface area contributed by atoms with E-state index in [2.05, 4.69) is 4.72 Å². The Balaban J connectivity index is 2.39. The van der Waals surface area contributed by atoms with E-state index < -0.39 is 15.8 Å². The molecule has 0 saturated heterocycles. The highest BCUT2D eigenvalue weighted by Crippen LogP contribution is 2.26. The van der Waals surface area contributed by atoms with Crippen LogP contribution in [0.3, 0.4) is 0 Å². The first-order valence-corrected chi connectivity index (χ1v) is 7.51. The number of hydrogen-bond acceptors (Lipinski definition) is 3. The molecule has 106 valence electrons. The Kier molecular flexibility index (Phi) is 4.24. The second-order valence-electron chi connectivity index (χ2n) is 4.00. The van der Waals surface area contributed by atoms with Gasteiger partial charge in [0.2, 0.25) is 0 Å². The van der Waals surface area contributed by atoms with E-state index in [-0.39, 0.29) is 17.3 Å². The Morgan fingerprint density at radius 2 is 1.85 bits per heavy atom. The first-order chi connectivity index (χ1) is 9.53. The summed E-state index contributed by atoms with van der Waals surface area (Å²) in [5.74, 6) is -0.553. The number of hydrogen-bond donors (Lipinski definition) is 1. The van der Waals surface area contributed by atoms with E-state index in [4.69, 9.17) is 4.74 Å². The van der Waals surface area contributed by atoms with Crippen molar-refractivity contribution in [3.05, 3.63) is 54.3 Å². The molecule has 1 N–H and O–H groups in total. The molecule has 0 aromatic heterocycles. The molecule has 0 fully saturated rings. The van der Waals surface area contributed by atoms with Crippen molar-refractivity contribution in [2.45, 2.75) is 11.8 Å². The van der Waals surface area contributed by atoms with Crippen LogP contribution in [0.25, 0.3) is 0 Å². The van der Waals surface area contributed by atoms with Gasteiger partial charge in [0.25, 0.3) is 10.0 Å². The standard InChI is InChI=1S/C14H14FNO3S/c1-2-19-13-10-11(15)8-9-14(13)20(17,18)16-12-6-4-3-5-7-12/h3-10,16H,2H2,1H3. The number of rotatable bonds is 5. The summed E-state index contributed by atoms with van der Waals surface area (Å²) in [6, 6.07) is 11.8. The number of para-hydroxylation sites is 1. The second-order valence-corrected chi connectivity index (χ2v) is 5.65. The van der Waals surface area contributed by atoms with Crippen molar-refractivity contribution in [1.82, 2.24) is 0 Å². The second kappa shape index (κ2) is 5.92. The maximum atomic E-state index is 13.2. The third-order valence-electron chi connectivity index (χ3n) is 2.52. The van der Waals surface area contributed by atoms with Crippen LogP contribution >= 0.6 is 0 Å². The number of benzene rings is 2. The number of halogens is 1. The zero-order chi connectivity index (χ0) is 14.6. The molecule has 2 aromatic rings. The van der Waals surface area contributed by atoms with Crippen LogP contribution in [-0.2, 0) is 10.0 Å². The molecule has 0 amide bonds. The topological polar surface area (TPSA) is 55.4 Å². The highest BCUT2D eigenvalue weighted by atomic mass is 32.2. The van der Waals surface area contributed by atoms with E-state index in [1.807, 2.05) is 0 Å². The van der Waals surface area contributed by atoms with Crippen molar-refractivity contribution >= 4 is 15.7 Å². The van der Waals surface area contributed by atoms with Gasteiger partial charge in [-0.2, -0.15) is 0 Å². The molecule has 0 aliphatic carbocycles. The zero-order valence-corrected chi connectivity index (χ0v) is 11.7. The molecular weight excluding hydrogens is 281 g/mol. The SMILES string of the molecule is CCOc1cc(F)ccc1S(=O)(=O)Nc1ccccc1. The molecule has 0 heterocycles. The number of ether oxygens (including phenoxy) is 1. The van der Waals surface area contributed by atoms with Crippen LogP contribution in [0.4, 0.5) is 10.1 Å². The van der Waals surface area contributed by atoms with Gasteiger partial charge in [-0.3, -0.25) is 4.72 Å². The number of anilines is 1. The number of sulfonamides is 1. The van der Waals surface area contributed by atoms with Gasteiger partial charge in [0.1, 0.15) is 16.5 Å². The van der Waals surface area contributed by atoms with Gasteiger partial charge in [-0.25, -0.2) is 12.8 Å². The van der Waals surface area contributed by atoms with Gasteiger partial charge in [-0.15, -0.1) is 0 Å². The van der Waals surface area contributed by atoms with E-state index in [9.17, 15) is 12.8 Å². The molecule has 0 radical (unpaired) electrons. The summed E-state index contributed by atoms with van der Waals surface area (Å²) in [5.41, 5.74) is 0.430. The van der Waals surface area contributed by atoms with E-state index in [0.29, 0.717) is 5.69 Å². The lowest BCUT2D eigenvalue weighted by molar-refractivity contribution is 0.329. The molecule has 2 aromatic carbocycles. The minimum atomic E-state index is -3.82. The summed E-state index contributed by atoms with van der Waals surface area (Å²) >= 11 is 0. The third-order valence-corrected chi connectivity index (χ3v) is 3.94. The minimum Gasteiger partial charge on any atom is -0.492 e. The Labute approximate surface area is 117 Å². The predicted octanol–water partition coefficient (Wildman–Crippen LogP) is 3.03. The summed E-state index contributed by atoms with van der Waals surface area (Å²) in [6.45, 7) is 1.95. The molecule has 0 atom stereocenters. The van der Waals surface area contributed by atoms with Crippen molar-refractivity contribution in [3.8, 4) is 5.75 Å². The molecule has 0 bridgehead atoms. The molecule has 0 spiro atoms. The summed E-state index contributed by atoms with van der Waals surface area (Å²) in [7, 11) is -3.82. The molecule has 0 unspecified atom stereocenters. The molecule has 0 saturated carbocycles. The van der Waals surface area contributed by atoms with Crippen molar-refractivity contribution < 1.29 is 17.5 Å². The fourth-order valence-corrected chi connectivity index (χ4v) is 2.87. The molecule has 0 aliphatic rings. The van der Waals surface area contributed by atoms with Crippen molar-refractivity contribution in [2.75, 3.05) is 11.3 Å². The maximum absolute atomic E-state index is 13.2. The molecule has 0 aliphatic heterocycles. The van der Waals surface area contributed by atoms with Crippen LogP contribution in [0.5, 0.6) is 5.75 Å². The third kappa shape index (κ3) is 3.27. The Morgan fingerprint density at radius 3 is 2.50 bits per heavy atom. The van der Waals surface area contributed by atoms with Crippen molar-refractivity contribution in [2.24, 2.45) is 0 Å².